The van der Waals surface area contributed by atoms with Crippen LogP contribution in [-0.2, 0) is 0 Å². The first-order valence-electron chi connectivity index (χ1n) is 9.12. The number of amides is 1. The normalized spacial score (nSPS) is 19.2. The third kappa shape index (κ3) is 3.31. The van der Waals surface area contributed by atoms with Crippen LogP contribution in [0.2, 0.25) is 0 Å². The van der Waals surface area contributed by atoms with Crippen LogP contribution in [0.3, 0.4) is 0 Å². The number of rotatable bonds is 3. The Morgan fingerprint density at radius 2 is 1.93 bits per heavy atom. The number of alkyl halides is 1. The molecular weight excluding hydrogens is 359 g/mol. The Bertz CT molecular complexity index is 1040. The highest BCUT2D eigenvalue weighted by Crippen LogP contribution is 2.29. The lowest BCUT2D eigenvalue weighted by atomic mass is 9.98. The predicted octanol–water partition coefficient (Wildman–Crippen LogP) is 3.37. The Kier molecular flexibility index (Phi) is 4.73. The molecule has 0 aliphatic carbocycles. The van der Waals surface area contributed by atoms with Gasteiger partial charge >= 0.3 is 0 Å². The molecule has 6 heteroatoms. The molecule has 3 aromatic rings. The van der Waals surface area contributed by atoms with E-state index in [2.05, 4.69) is 11.1 Å². The van der Waals surface area contributed by atoms with Crippen molar-refractivity contribution < 1.29 is 19.0 Å². The molecule has 0 radical (unpaired) electrons. The summed E-state index contributed by atoms with van der Waals surface area (Å²) in [6.45, 7) is 1.97. The SMILES string of the molecule is COc1cc(C)c(-c2ccc3cc(C(=O)N4C[C@@H](O)[C@H](F)C4)ccc3c2)cn1. The molecule has 0 saturated carbocycles. The number of fused-ring (bicyclic) bond motifs is 1. The maximum absolute atomic E-state index is 13.5. The third-order valence-corrected chi connectivity index (χ3v) is 5.20. The van der Waals surface area contributed by atoms with Crippen LogP contribution in [0.4, 0.5) is 4.39 Å². The van der Waals surface area contributed by atoms with Gasteiger partial charge in [-0.25, -0.2) is 9.37 Å². The molecule has 1 amide bonds. The van der Waals surface area contributed by atoms with Gasteiger partial charge in [0.15, 0.2) is 0 Å². The zero-order chi connectivity index (χ0) is 19.8. The van der Waals surface area contributed by atoms with E-state index in [0.717, 1.165) is 27.5 Å². The van der Waals surface area contributed by atoms with Crippen LogP contribution in [-0.4, -0.2) is 53.4 Å². The van der Waals surface area contributed by atoms with Gasteiger partial charge in [-0.15, -0.1) is 0 Å². The van der Waals surface area contributed by atoms with Crippen LogP contribution >= 0.6 is 0 Å². The lowest BCUT2D eigenvalue weighted by Gasteiger charge is -2.15. The summed E-state index contributed by atoms with van der Waals surface area (Å²) in [5.41, 5.74) is 3.60. The van der Waals surface area contributed by atoms with E-state index in [1.165, 1.54) is 4.90 Å². The smallest absolute Gasteiger partial charge is 0.254 e. The summed E-state index contributed by atoms with van der Waals surface area (Å²) < 4.78 is 18.7. The first-order valence-corrected chi connectivity index (χ1v) is 9.12. The summed E-state index contributed by atoms with van der Waals surface area (Å²) in [5, 5.41) is 11.5. The Labute approximate surface area is 162 Å². The number of hydrogen-bond donors (Lipinski definition) is 1. The van der Waals surface area contributed by atoms with Crippen LogP contribution < -0.4 is 4.74 Å². The number of carbonyl (C=O) groups is 1. The summed E-state index contributed by atoms with van der Waals surface area (Å²) in [6.07, 6.45) is -0.694. The number of carbonyl (C=O) groups excluding carboxylic acids is 1. The average molecular weight is 380 g/mol. The fourth-order valence-corrected chi connectivity index (χ4v) is 3.59. The molecule has 1 aliphatic heterocycles. The van der Waals surface area contributed by atoms with Crippen LogP contribution in [0, 0.1) is 6.92 Å². The van der Waals surface area contributed by atoms with E-state index in [1.807, 2.05) is 31.2 Å². The minimum Gasteiger partial charge on any atom is -0.481 e. The average Bonchev–Trinajstić information content (AvgIpc) is 3.05. The Balaban J connectivity index is 1.64. The molecule has 1 aromatic heterocycles. The number of aliphatic hydroxyl groups excluding tert-OH is 1. The maximum atomic E-state index is 13.5. The Morgan fingerprint density at radius 3 is 2.61 bits per heavy atom. The second kappa shape index (κ2) is 7.20. The molecule has 4 rings (SSSR count). The molecule has 144 valence electrons. The summed E-state index contributed by atoms with van der Waals surface area (Å²) >= 11 is 0. The highest BCUT2D eigenvalue weighted by molar-refractivity contribution is 5.99. The lowest BCUT2D eigenvalue weighted by Crippen LogP contribution is -2.29. The van der Waals surface area contributed by atoms with E-state index in [-0.39, 0.29) is 19.0 Å². The third-order valence-electron chi connectivity index (χ3n) is 5.20. The lowest BCUT2D eigenvalue weighted by molar-refractivity contribution is 0.0764. The second-order valence-corrected chi connectivity index (χ2v) is 7.11. The van der Waals surface area contributed by atoms with Gasteiger partial charge in [0.25, 0.3) is 5.91 Å². The fraction of sp³-hybridized carbons (Fsp3) is 0.273. The number of pyridine rings is 1. The summed E-state index contributed by atoms with van der Waals surface area (Å²) in [7, 11) is 1.59. The number of ether oxygens (including phenoxy) is 1. The monoisotopic (exact) mass is 380 g/mol. The van der Waals surface area contributed by atoms with E-state index in [9.17, 15) is 14.3 Å². The number of likely N-dealkylation sites (tertiary alicyclic amines) is 1. The van der Waals surface area contributed by atoms with E-state index < -0.39 is 12.3 Å². The number of aryl methyl sites for hydroxylation is 1. The van der Waals surface area contributed by atoms with Gasteiger partial charge < -0.3 is 14.7 Å². The molecule has 2 aromatic carbocycles. The van der Waals surface area contributed by atoms with Gasteiger partial charge in [-0.1, -0.05) is 18.2 Å². The number of nitrogens with zero attached hydrogens (tertiary/aromatic N) is 2. The number of benzene rings is 2. The molecule has 0 spiro atoms. The number of aliphatic hydroxyl groups is 1. The van der Waals surface area contributed by atoms with Crippen LogP contribution in [0.1, 0.15) is 15.9 Å². The first kappa shape index (κ1) is 18.4. The molecule has 1 N–H and O–H groups in total. The molecule has 2 heterocycles. The van der Waals surface area contributed by atoms with Crippen molar-refractivity contribution in [3.05, 3.63) is 59.8 Å². The topological polar surface area (TPSA) is 62.7 Å². The van der Waals surface area contributed by atoms with Gasteiger partial charge in [0.05, 0.1) is 13.7 Å². The molecule has 5 nitrogen and oxygen atoms in total. The van der Waals surface area contributed by atoms with Gasteiger partial charge in [0.2, 0.25) is 5.88 Å². The van der Waals surface area contributed by atoms with Crippen molar-refractivity contribution in [3.8, 4) is 17.0 Å². The van der Waals surface area contributed by atoms with Crippen molar-refractivity contribution in [2.75, 3.05) is 20.2 Å². The van der Waals surface area contributed by atoms with Gasteiger partial charge in [-0.2, -0.15) is 0 Å². The quantitative estimate of drug-likeness (QED) is 0.757. The van der Waals surface area contributed by atoms with Gasteiger partial charge in [-0.05, 0) is 47.0 Å². The Hall–Kier alpha value is -2.99. The van der Waals surface area contributed by atoms with Crippen molar-refractivity contribution in [3.63, 3.8) is 0 Å². The first-order chi connectivity index (χ1) is 13.5. The van der Waals surface area contributed by atoms with Gasteiger partial charge in [0, 0.05) is 29.9 Å². The molecule has 1 aliphatic rings. The van der Waals surface area contributed by atoms with Gasteiger partial charge in [0.1, 0.15) is 12.3 Å². The molecule has 1 saturated heterocycles. The summed E-state index contributed by atoms with van der Waals surface area (Å²) in [6, 6.07) is 13.3. The molecule has 28 heavy (non-hydrogen) atoms. The highest BCUT2D eigenvalue weighted by atomic mass is 19.1. The predicted molar refractivity (Wildman–Crippen MR) is 105 cm³/mol. The second-order valence-electron chi connectivity index (χ2n) is 7.11. The largest absolute Gasteiger partial charge is 0.481 e. The van der Waals surface area contributed by atoms with E-state index >= 15 is 0 Å². The van der Waals surface area contributed by atoms with Crippen LogP contribution in [0.25, 0.3) is 21.9 Å². The highest BCUT2D eigenvalue weighted by Gasteiger charge is 2.34. The number of methoxy groups -OCH3 is 1. The number of halogens is 1. The summed E-state index contributed by atoms with van der Waals surface area (Å²) in [4.78, 5) is 18.2. The summed E-state index contributed by atoms with van der Waals surface area (Å²) in [5.74, 6) is 0.313. The van der Waals surface area contributed by atoms with E-state index in [1.54, 1.807) is 25.4 Å². The van der Waals surface area contributed by atoms with Crippen LogP contribution in [0.5, 0.6) is 5.88 Å². The zero-order valence-electron chi connectivity index (χ0n) is 15.7. The minimum absolute atomic E-state index is 0.0285. The number of aromatic nitrogens is 1. The van der Waals surface area contributed by atoms with Crippen molar-refractivity contribution in [2.45, 2.75) is 19.2 Å². The molecule has 1 fully saturated rings. The van der Waals surface area contributed by atoms with Crippen LogP contribution in [0.15, 0.2) is 48.7 Å². The minimum atomic E-state index is -1.38. The van der Waals surface area contributed by atoms with Crippen molar-refractivity contribution in [2.24, 2.45) is 0 Å². The molecule has 0 unspecified atom stereocenters. The maximum Gasteiger partial charge on any atom is 0.254 e. The molecule has 0 bridgehead atoms. The Morgan fingerprint density at radius 1 is 1.18 bits per heavy atom. The van der Waals surface area contributed by atoms with Crippen molar-refractivity contribution >= 4 is 16.7 Å². The van der Waals surface area contributed by atoms with E-state index in [4.69, 9.17) is 4.74 Å². The van der Waals surface area contributed by atoms with Crippen molar-refractivity contribution in [1.29, 1.82) is 0 Å². The fourth-order valence-electron chi connectivity index (χ4n) is 3.59. The molecule has 2 atom stereocenters. The number of hydrogen-bond acceptors (Lipinski definition) is 4. The molecular formula is C22H21FN2O3. The number of β-amino-alcohol motifs (C(OH)–C–C–N with tert-alkyl or cyclic N) is 1. The standard InChI is InChI=1S/C22H21FN2O3/c1-13-7-21(28-2)24-10-18(13)16-5-3-15-9-17(6-4-14(15)8-16)22(27)25-11-19(23)20(26)12-25/h3-10,19-20,26H,11-12H2,1-2H3/t19-,20-/m1/s1. The van der Waals surface area contributed by atoms with E-state index in [0.29, 0.717) is 11.4 Å². The van der Waals surface area contributed by atoms with Gasteiger partial charge in [-0.3, -0.25) is 4.79 Å². The van der Waals surface area contributed by atoms with Crippen molar-refractivity contribution in [1.82, 2.24) is 9.88 Å². The zero-order valence-corrected chi connectivity index (χ0v) is 15.7.